The molecule has 0 spiro atoms. The van der Waals surface area contributed by atoms with E-state index in [2.05, 4.69) is 15.9 Å². The maximum absolute atomic E-state index is 11.3. The van der Waals surface area contributed by atoms with Gasteiger partial charge in [-0.25, -0.2) is 0 Å². The normalized spacial score (nSPS) is 19.6. The lowest BCUT2D eigenvalue weighted by atomic mass is 9.90. The quantitative estimate of drug-likeness (QED) is 0.739. The van der Waals surface area contributed by atoms with Crippen molar-refractivity contribution in [3.63, 3.8) is 0 Å². The van der Waals surface area contributed by atoms with E-state index in [-0.39, 0.29) is 18.4 Å². The van der Waals surface area contributed by atoms with Gasteiger partial charge in [-0.2, -0.15) is 0 Å². The molecule has 2 aliphatic rings. The van der Waals surface area contributed by atoms with Gasteiger partial charge >= 0.3 is 5.97 Å². The van der Waals surface area contributed by atoms with E-state index < -0.39 is 5.97 Å². The molecule has 0 heterocycles. The molecule has 23 heavy (non-hydrogen) atoms. The minimum absolute atomic E-state index is 0.0200. The summed E-state index contributed by atoms with van der Waals surface area (Å²) in [5, 5.41) is 9.33. The Labute approximate surface area is 145 Å². The van der Waals surface area contributed by atoms with Crippen LogP contribution in [0.3, 0.4) is 0 Å². The van der Waals surface area contributed by atoms with Crippen LogP contribution in [0, 0.1) is 5.92 Å². The topological polar surface area (TPSA) is 55.8 Å². The van der Waals surface area contributed by atoms with Crippen LogP contribution < -0.4 is 9.47 Å². The van der Waals surface area contributed by atoms with Gasteiger partial charge in [0.25, 0.3) is 0 Å². The molecular weight excluding hydrogens is 360 g/mol. The van der Waals surface area contributed by atoms with Crippen molar-refractivity contribution in [2.45, 2.75) is 57.0 Å². The van der Waals surface area contributed by atoms with Crippen molar-refractivity contribution in [1.82, 2.24) is 0 Å². The highest BCUT2D eigenvalue weighted by atomic mass is 79.9. The predicted molar refractivity (Wildman–Crippen MR) is 91.3 cm³/mol. The van der Waals surface area contributed by atoms with Crippen molar-refractivity contribution in [3.05, 3.63) is 22.2 Å². The first-order valence-corrected chi connectivity index (χ1v) is 9.14. The summed E-state index contributed by atoms with van der Waals surface area (Å²) in [6, 6.07) is 3.83. The Morgan fingerprint density at radius 1 is 1.30 bits per heavy atom. The van der Waals surface area contributed by atoms with Crippen molar-refractivity contribution >= 4 is 21.9 Å². The van der Waals surface area contributed by atoms with Crippen LogP contribution in [0.5, 0.6) is 11.5 Å². The lowest BCUT2D eigenvalue weighted by Crippen LogP contribution is -2.16. The van der Waals surface area contributed by atoms with Gasteiger partial charge in [-0.15, -0.1) is 0 Å². The monoisotopic (exact) mass is 382 g/mol. The third-order valence-corrected chi connectivity index (χ3v) is 5.56. The van der Waals surface area contributed by atoms with Crippen molar-refractivity contribution in [1.29, 1.82) is 0 Å². The Morgan fingerprint density at radius 3 is 2.57 bits per heavy atom. The molecule has 2 aliphatic carbocycles. The first kappa shape index (κ1) is 16.6. The second-order valence-electron chi connectivity index (χ2n) is 6.56. The van der Waals surface area contributed by atoms with E-state index >= 15 is 0 Å². The van der Waals surface area contributed by atoms with Crippen molar-refractivity contribution < 1.29 is 19.4 Å². The number of benzene rings is 1. The van der Waals surface area contributed by atoms with Gasteiger partial charge in [0.15, 0.2) is 11.5 Å². The highest BCUT2D eigenvalue weighted by molar-refractivity contribution is 9.10. The van der Waals surface area contributed by atoms with Crippen LogP contribution in [0.2, 0.25) is 0 Å². The molecular formula is C18H23BrO4. The lowest BCUT2D eigenvalue weighted by molar-refractivity contribution is -0.137. The molecule has 1 unspecified atom stereocenters. The maximum Gasteiger partial charge on any atom is 0.303 e. The molecule has 0 radical (unpaired) electrons. The number of aliphatic carboxylic acids is 1. The standard InChI is InChI=1S/C18H23BrO4/c1-22-15-9-8-14(19)17(13(10-16(20)21)11-6-7-11)18(15)23-12-4-2-3-5-12/h8-9,11-13H,2-7,10H2,1H3,(H,20,21). The van der Waals surface area contributed by atoms with E-state index in [1.54, 1.807) is 7.11 Å². The van der Waals surface area contributed by atoms with Gasteiger partial charge < -0.3 is 14.6 Å². The number of hydrogen-bond donors (Lipinski definition) is 1. The van der Waals surface area contributed by atoms with E-state index in [0.29, 0.717) is 11.7 Å². The van der Waals surface area contributed by atoms with Gasteiger partial charge in [-0.05, 0) is 56.6 Å². The van der Waals surface area contributed by atoms with Crippen molar-refractivity contribution in [2.24, 2.45) is 5.92 Å². The van der Waals surface area contributed by atoms with E-state index in [9.17, 15) is 9.90 Å². The van der Waals surface area contributed by atoms with Gasteiger partial charge in [-0.1, -0.05) is 15.9 Å². The lowest BCUT2D eigenvalue weighted by Gasteiger charge is -2.24. The number of rotatable bonds is 7. The van der Waals surface area contributed by atoms with Crippen molar-refractivity contribution in [2.75, 3.05) is 7.11 Å². The molecule has 0 bridgehead atoms. The van der Waals surface area contributed by atoms with Crippen LogP contribution >= 0.6 is 15.9 Å². The summed E-state index contributed by atoms with van der Waals surface area (Å²) < 4.78 is 12.7. The van der Waals surface area contributed by atoms with Crippen molar-refractivity contribution in [3.8, 4) is 11.5 Å². The molecule has 5 heteroatoms. The number of carboxylic acids is 1. The molecule has 1 N–H and O–H groups in total. The molecule has 2 saturated carbocycles. The van der Waals surface area contributed by atoms with E-state index in [1.165, 1.54) is 12.8 Å². The van der Waals surface area contributed by atoms with Crippen LogP contribution in [-0.2, 0) is 4.79 Å². The smallest absolute Gasteiger partial charge is 0.303 e. The number of methoxy groups -OCH3 is 1. The average molecular weight is 383 g/mol. The molecule has 2 fully saturated rings. The number of carbonyl (C=O) groups is 1. The molecule has 0 amide bonds. The second-order valence-corrected chi connectivity index (χ2v) is 7.41. The molecule has 4 nitrogen and oxygen atoms in total. The average Bonchev–Trinajstić information content (AvgIpc) is 3.23. The molecule has 126 valence electrons. The van der Waals surface area contributed by atoms with Crippen LogP contribution in [-0.4, -0.2) is 24.3 Å². The first-order valence-electron chi connectivity index (χ1n) is 8.35. The van der Waals surface area contributed by atoms with Crippen LogP contribution in [0.15, 0.2) is 16.6 Å². The SMILES string of the molecule is COc1ccc(Br)c(C(CC(=O)O)C2CC2)c1OC1CCCC1. The zero-order chi connectivity index (χ0) is 16.4. The Kier molecular flexibility index (Phi) is 5.14. The van der Waals surface area contributed by atoms with E-state index in [0.717, 1.165) is 41.5 Å². The second kappa shape index (κ2) is 7.12. The fraction of sp³-hybridized carbons (Fsp3) is 0.611. The number of halogens is 1. The van der Waals surface area contributed by atoms with Crippen LogP contribution in [0.25, 0.3) is 0 Å². The summed E-state index contributed by atoms with van der Waals surface area (Å²) in [6.07, 6.45) is 7.02. The first-order chi connectivity index (χ1) is 11.1. The van der Waals surface area contributed by atoms with E-state index in [4.69, 9.17) is 9.47 Å². The third kappa shape index (κ3) is 3.82. The minimum Gasteiger partial charge on any atom is -0.493 e. The predicted octanol–water partition coefficient (Wildman–Crippen LogP) is 4.75. The Bertz CT molecular complexity index is 577. The van der Waals surface area contributed by atoms with Gasteiger partial charge in [0.2, 0.25) is 0 Å². The number of carboxylic acid groups (broad SMARTS) is 1. The van der Waals surface area contributed by atoms with Gasteiger partial charge in [0, 0.05) is 16.0 Å². The summed E-state index contributed by atoms with van der Waals surface area (Å²) in [5.41, 5.74) is 0.973. The molecule has 0 aliphatic heterocycles. The maximum atomic E-state index is 11.3. The number of ether oxygens (including phenoxy) is 2. The molecule has 1 atom stereocenters. The Balaban J connectivity index is 1.99. The highest BCUT2D eigenvalue weighted by Gasteiger charge is 2.38. The molecule has 0 aromatic heterocycles. The summed E-state index contributed by atoms with van der Waals surface area (Å²) in [5.74, 6) is 1.09. The van der Waals surface area contributed by atoms with Gasteiger partial charge in [0.05, 0.1) is 19.6 Å². The molecule has 0 saturated heterocycles. The summed E-state index contributed by atoms with van der Waals surface area (Å²) in [7, 11) is 1.64. The Morgan fingerprint density at radius 2 is 2.00 bits per heavy atom. The molecule has 3 rings (SSSR count). The number of hydrogen-bond acceptors (Lipinski definition) is 3. The summed E-state index contributed by atoms with van der Waals surface area (Å²) in [4.78, 5) is 11.3. The highest BCUT2D eigenvalue weighted by Crippen LogP contribution is 2.52. The largest absolute Gasteiger partial charge is 0.493 e. The fourth-order valence-electron chi connectivity index (χ4n) is 3.55. The van der Waals surface area contributed by atoms with Gasteiger partial charge in [-0.3, -0.25) is 4.79 Å². The fourth-order valence-corrected chi connectivity index (χ4v) is 4.15. The molecule has 1 aromatic carbocycles. The zero-order valence-electron chi connectivity index (χ0n) is 13.4. The zero-order valence-corrected chi connectivity index (χ0v) is 15.0. The van der Waals surface area contributed by atoms with Crippen LogP contribution in [0.4, 0.5) is 0 Å². The van der Waals surface area contributed by atoms with Crippen LogP contribution in [0.1, 0.15) is 56.4 Å². The minimum atomic E-state index is -0.761. The molecule has 1 aromatic rings. The van der Waals surface area contributed by atoms with Gasteiger partial charge in [0.1, 0.15) is 0 Å². The third-order valence-electron chi connectivity index (χ3n) is 4.87. The summed E-state index contributed by atoms with van der Waals surface area (Å²) in [6.45, 7) is 0. The van der Waals surface area contributed by atoms with E-state index in [1.807, 2.05) is 12.1 Å². The summed E-state index contributed by atoms with van der Waals surface area (Å²) >= 11 is 3.62. The Hall–Kier alpha value is -1.23.